The molecular weight excluding hydrogens is 308 g/mol. The third-order valence-corrected chi connectivity index (χ3v) is 3.99. The van der Waals surface area contributed by atoms with Crippen molar-refractivity contribution in [3.05, 3.63) is 64.7 Å². The molecule has 2 rings (SSSR count). The highest BCUT2D eigenvalue weighted by Gasteiger charge is 2.13. The van der Waals surface area contributed by atoms with Gasteiger partial charge in [0.15, 0.2) is 6.54 Å². The lowest BCUT2D eigenvalue weighted by molar-refractivity contribution is -0.885. The number of carbonyl (C=O) groups is 1. The normalized spacial score (nSPS) is 12.2. The second-order valence-electron chi connectivity index (χ2n) is 6.23. The molecule has 0 bridgehead atoms. The lowest BCUT2D eigenvalue weighted by Gasteiger charge is -2.16. The third kappa shape index (κ3) is 5.38. The van der Waals surface area contributed by atoms with Crippen molar-refractivity contribution in [3.63, 3.8) is 0 Å². The van der Waals surface area contributed by atoms with E-state index in [2.05, 4.69) is 25.2 Å². The van der Waals surface area contributed by atoms with Crippen molar-refractivity contribution in [2.75, 3.05) is 18.9 Å². The molecule has 2 aromatic carbocycles. The number of amides is 1. The predicted octanol–water partition coefficient (Wildman–Crippen LogP) is 3.12. The summed E-state index contributed by atoms with van der Waals surface area (Å²) in [5.74, 6) is 0.412. The molecule has 0 radical (unpaired) electrons. The molecule has 122 valence electrons. The van der Waals surface area contributed by atoms with Crippen molar-refractivity contribution in [2.24, 2.45) is 0 Å². The first-order valence-corrected chi connectivity index (χ1v) is 8.28. The van der Waals surface area contributed by atoms with Gasteiger partial charge < -0.3 is 10.2 Å². The molecular formula is C19H24ClN2O+. The Hall–Kier alpha value is -1.84. The van der Waals surface area contributed by atoms with E-state index in [1.165, 1.54) is 5.56 Å². The van der Waals surface area contributed by atoms with E-state index in [0.717, 1.165) is 27.7 Å². The number of anilines is 1. The molecule has 23 heavy (non-hydrogen) atoms. The van der Waals surface area contributed by atoms with Gasteiger partial charge in [-0.15, -0.1) is 0 Å². The molecule has 1 atom stereocenters. The number of para-hydroxylation sites is 1. The van der Waals surface area contributed by atoms with Gasteiger partial charge in [0, 0.05) is 16.3 Å². The molecule has 3 nitrogen and oxygen atoms in total. The second-order valence-corrected chi connectivity index (χ2v) is 6.66. The largest absolute Gasteiger partial charge is 0.326 e. The summed E-state index contributed by atoms with van der Waals surface area (Å²) in [7, 11) is 2.02. The zero-order valence-corrected chi connectivity index (χ0v) is 14.7. The number of hydrogen-bond acceptors (Lipinski definition) is 1. The van der Waals surface area contributed by atoms with E-state index >= 15 is 0 Å². The maximum Gasteiger partial charge on any atom is 0.279 e. The van der Waals surface area contributed by atoms with Crippen LogP contribution in [0.4, 0.5) is 5.69 Å². The molecule has 0 aliphatic heterocycles. The van der Waals surface area contributed by atoms with E-state index < -0.39 is 0 Å². The van der Waals surface area contributed by atoms with Gasteiger partial charge in [-0.1, -0.05) is 55.8 Å². The average molecular weight is 332 g/mol. The van der Waals surface area contributed by atoms with Crippen molar-refractivity contribution in [1.29, 1.82) is 0 Å². The van der Waals surface area contributed by atoms with Crippen LogP contribution in [0.5, 0.6) is 0 Å². The molecule has 1 amide bonds. The first-order valence-electron chi connectivity index (χ1n) is 7.90. The molecule has 2 aromatic rings. The molecule has 0 saturated heterocycles. The Labute approximate surface area is 143 Å². The molecule has 0 aromatic heterocycles. The highest BCUT2D eigenvalue weighted by Crippen LogP contribution is 2.23. The van der Waals surface area contributed by atoms with Crippen LogP contribution in [0.15, 0.2) is 48.5 Å². The Morgan fingerprint density at radius 2 is 1.78 bits per heavy atom. The fraction of sp³-hybridized carbons (Fsp3) is 0.316. The summed E-state index contributed by atoms with van der Waals surface area (Å²) >= 11 is 5.89. The quantitative estimate of drug-likeness (QED) is 0.837. The molecule has 4 heteroatoms. The van der Waals surface area contributed by atoms with Crippen LogP contribution in [0.2, 0.25) is 5.02 Å². The number of rotatable bonds is 6. The Morgan fingerprint density at radius 3 is 2.43 bits per heavy atom. The molecule has 0 aliphatic carbocycles. The standard InChI is InChI=1S/C19H23ClN2O/c1-14(2)17-6-4-5-7-18(17)21-19(23)13-22(3)12-15-8-10-16(20)11-9-15/h4-11,14H,12-13H2,1-3H3,(H,21,23)/p+1. The number of carbonyl (C=O) groups excluding carboxylic acids is 1. The molecule has 0 fully saturated rings. The Morgan fingerprint density at radius 1 is 1.13 bits per heavy atom. The summed E-state index contributed by atoms with van der Waals surface area (Å²) < 4.78 is 0. The molecule has 1 unspecified atom stereocenters. The van der Waals surface area contributed by atoms with E-state index in [0.29, 0.717) is 12.5 Å². The summed E-state index contributed by atoms with van der Waals surface area (Å²) in [5, 5.41) is 3.77. The van der Waals surface area contributed by atoms with Gasteiger partial charge in [-0.3, -0.25) is 4.79 Å². The monoisotopic (exact) mass is 331 g/mol. The SMILES string of the molecule is CC(C)c1ccccc1NC(=O)C[NH+](C)Cc1ccc(Cl)cc1. The van der Waals surface area contributed by atoms with Crippen LogP contribution >= 0.6 is 11.6 Å². The number of hydrogen-bond donors (Lipinski definition) is 2. The fourth-order valence-electron chi connectivity index (χ4n) is 2.60. The number of nitrogens with one attached hydrogen (secondary N) is 2. The van der Waals surface area contributed by atoms with Crippen molar-refractivity contribution in [2.45, 2.75) is 26.3 Å². The Bertz CT molecular complexity index is 653. The van der Waals surface area contributed by atoms with Gasteiger partial charge in [-0.2, -0.15) is 0 Å². The highest BCUT2D eigenvalue weighted by atomic mass is 35.5. The lowest BCUT2D eigenvalue weighted by atomic mass is 10.0. The van der Waals surface area contributed by atoms with Gasteiger partial charge in [0.2, 0.25) is 0 Å². The van der Waals surface area contributed by atoms with E-state index in [-0.39, 0.29) is 5.91 Å². The summed E-state index contributed by atoms with van der Waals surface area (Å²) in [4.78, 5) is 13.4. The number of likely N-dealkylation sites (N-methyl/N-ethyl adjacent to an activating group) is 1. The van der Waals surface area contributed by atoms with Crippen molar-refractivity contribution in [1.82, 2.24) is 0 Å². The summed E-state index contributed by atoms with van der Waals surface area (Å²) in [6.07, 6.45) is 0. The van der Waals surface area contributed by atoms with E-state index in [1.54, 1.807) is 0 Å². The average Bonchev–Trinajstić information content (AvgIpc) is 2.49. The number of quaternary nitrogens is 1. The topological polar surface area (TPSA) is 33.5 Å². The highest BCUT2D eigenvalue weighted by molar-refractivity contribution is 6.30. The zero-order chi connectivity index (χ0) is 16.8. The van der Waals surface area contributed by atoms with E-state index in [1.807, 2.05) is 49.5 Å². The van der Waals surface area contributed by atoms with Gasteiger partial charge in [0.25, 0.3) is 5.91 Å². The van der Waals surface area contributed by atoms with Crippen molar-refractivity contribution < 1.29 is 9.69 Å². The van der Waals surface area contributed by atoms with Gasteiger partial charge >= 0.3 is 0 Å². The number of halogens is 1. The minimum atomic E-state index is 0.0320. The van der Waals surface area contributed by atoms with Crippen LogP contribution in [0, 0.1) is 0 Å². The molecule has 2 N–H and O–H groups in total. The predicted molar refractivity (Wildman–Crippen MR) is 96.1 cm³/mol. The van der Waals surface area contributed by atoms with Crippen LogP contribution in [0.1, 0.15) is 30.9 Å². The second kappa shape index (κ2) is 8.14. The van der Waals surface area contributed by atoms with Gasteiger partial charge in [-0.25, -0.2) is 0 Å². The summed E-state index contributed by atoms with van der Waals surface area (Å²) in [6, 6.07) is 15.7. The molecule has 0 heterocycles. The van der Waals surface area contributed by atoms with Gasteiger partial charge in [0.05, 0.1) is 7.05 Å². The maximum atomic E-state index is 12.3. The minimum Gasteiger partial charge on any atom is -0.326 e. The maximum absolute atomic E-state index is 12.3. The molecule has 0 spiro atoms. The van der Waals surface area contributed by atoms with E-state index in [9.17, 15) is 4.79 Å². The van der Waals surface area contributed by atoms with Crippen LogP contribution < -0.4 is 10.2 Å². The van der Waals surface area contributed by atoms with Gasteiger partial charge in [0.1, 0.15) is 6.54 Å². The zero-order valence-electron chi connectivity index (χ0n) is 13.9. The Balaban J connectivity index is 1.93. The third-order valence-electron chi connectivity index (χ3n) is 3.74. The van der Waals surface area contributed by atoms with Crippen LogP contribution in [0.3, 0.4) is 0 Å². The van der Waals surface area contributed by atoms with Gasteiger partial charge in [-0.05, 0) is 29.7 Å². The fourth-order valence-corrected chi connectivity index (χ4v) is 2.72. The van der Waals surface area contributed by atoms with E-state index in [4.69, 9.17) is 11.6 Å². The first-order chi connectivity index (χ1) is 11.0. The smallest absolute Gasteiger partial charge is 0.279 e. The summed E-state index contributed by atoms with van der Waals surface area (Å²) in [6.45, 7) is 5.47. The van der Waals surface area contributed by atoms with Crippen molar-refractivity contribution >= 4 is 23.2 Å². The molecule has 0 saturated carbocycles. The lowest BCUT2D eigenvalue weighted by Crippen LogP contribution is -3.08. The molecule has 0 aliphatic rings. The van der Waals surface area contributed by atoms with Crippen LogP contribution in [-0.4, -0.2) is 19.5 Å². The first kappa shape index (κ1) is 17.5. The van der Waals surface area contributed by atoms with Crippen LogP contribution in [0.25, 0.3) is 0 Å². The van der Waals surface area contributed by atoms with Crippen LogP contribution in [-0.2, 0) is 11.3 Å². The number of benzene rings is 2. The van der Waals surface area contributed by atoms with Crippen molar-refractivity contribution in [3.8, 4) is 0 Å². The Kier molecular flexibility index (Phi) is 6.20. The summed E-state index contributed by atoms with van der Waals surface area (Å²) in [5.41, 5.74) is 3.24. The minimum absolute atomic E-state index is 0.0320.